The van der Waals surface area contributed by atoms with Crippen LogP contribution in [-0.4, -0.2) is 69.4 Å². The summed E-state index contributed by atoms with van der Waals surface area (Å²) in [5.74, 6) is -1.97. The van der Waals surface area contributed by atoms with Gasteiger partial charge in [0.15, 0.2) is 0 Å². The topological polar surface area (TPSA) is 81.2 Å². The monoisotopic (exact) mass is 517 g/mol. The van der Waals surface area contributed by atoms with Crippen molar-refractivity contribution in [2.24, 2.45) is 0 Å². The summed E-state index contributed by atoms with van der Waals surface area (Å²) in [6, 6.07) is 21.9. The standard InChI is InChI=1S/C29H31N3O4S/c1-20-12-15-24(37-20)18-32(23-13-14-23)29(36)30-16-17-31(25(19-30)28(34)35)27(33)26(21-8-4-2-5-9-21)22-10-6-3-7-11-22/h2-12,15,23,25-26H,13-14,16-19H2,1H3,(H,34,35)/t25-/m0/s1. The third kappa shape index (κ3) is 5.54. The zero-order chi connectivity index (χ0) is 25.9. The van der Waals surface area contributed by atoms with Crippen LogP contribution in [0.4, 0.5) is 4.79 Å². The van der Waals surface area contributed by atoms with Crippen LogP contribution in [0.2, 0.25) is 0 Å². The number of carbonyl (C=O) groups is 3. The van der Waals surface area contributed by atoms with Crippen molar-refractivity contribution in [3.8, 4) is 0 Å². The van der Waals surface area contributed by atoms with E-state index >= 15 is 0 Å². The number of hydrogen-bond acceptors (Lipinski definition) is 4. The number of rotatable bonds is 7. The Morgan fingerprint density at radius 1 is 0.946 bits per heavy atom. The van der Waals surface area contributed by atoms with Crippen molar-refractivity contribution in [3.63, 3.8) is 0 Å². The molecule has 2 aliphatic rings. The van der Waals surface area contributed by atoms with Crippen molar-refractivity contribution in [1.82, 2.24) is 14.7 Å². The minimum atomic E-state index is -1.11. The van der Waals surface area contributed by atoms with Crippen molar-refractivity contribution in [2.75, 3.05) is 19.6 Å². The molecule has 1 saturated carbocycles. The van der Waals surface area contributed by atoms with E-state index in [1.807, 2.05) is 78.6 Å². The van der Waals surface area contributed by atoms with Crippen LogP contribution in [0.3, 0.4) is 0 Å². The first-order valence-electron chi connectivity index (χ1n) is 12.7. The quantitative estimate of drug-likeness (QED) is 0.498. The molecule has 0 unspecified atom stereocenters. The van der Waals surface area contributed by atoms with Gasteiger partial charge in [0.25, 0.3) is 0 Å². The first-order valence-corrected chi connectivity index (χ1v) is 13.5. The number of aliphatic carboxylic acids is 1. The summed E-state index contributed by atoms with van der Waals surface area (Å²) in [6.45, 7) is 3.03. The maximum Gasteiger partial charge on any atom is 0.328 e. The molecule has 7 nitrogen and oxygen atoms in total. The molecule has 3 amide bonds. The van der Waals surface area contributed by atoms with E-state index in [4.69, 9.17) is 0 Å². The van der Waals surface area contributed by atoms with Crippen molar-refractivity contribution in [2.45, 2.75) is 44.3 Å². The normalized spacial score (nSPS) is 17.6. The second kappa shape index (κ2) is 10.8. The molecule has 5 rings (SSSR count). The van der Waals surface area contributed by atoms with Crippen molar-refractivity contribution in [3.05, 3.63) is 93.7 Å². The average molecular weight is 518 g/mol. The van der Waals surface area contributed by atoms with Gasteiger partial charge >= 0.3 is 12.0 Å². The van der Waals surface area contributed by atoms with Gasteiger partial charge < -0.3 is 19.8 Å². The van der Waals surface area contributed by atoms with Crippen LogP contribution < -0.4 is 0 Å². The van der Waals surface area contributed by atoms with E-state index in [9.17, 15) is 19.5 Å². The first kappa shape index (κ1) is 25.0. The number of thiophene rings is 1. The van der Waals surface area contributed by atoms with E-state index in [-0.39, 0.29) is 31.1 Å². The summed E-state index contributed by atoms with van der Waals surface area (Å²) in [7, 11) is 0. The van der Waals surface area contributed by atoms with E-state index in [1.54, 1.807) is 16.2 Å². The predicted molar refractivity (Wildman–Crippen MR) is 142 cm³/mol. The van der Waals surface area contributed by atoms with Gasteiger partial charge in [0.2, 0.25) is 5.91 Å². The summed E-state index contributed by atoms with van der Waals surface area (Å²) in [5.41, 5.74) is 1.62. The van der Waals surface area contributed by atoms with Crippen LogP contribution >= 0.6 is 11.3 Å². The Hall–Kier alpha value is -3.65. The molecule has 37 heavy (non-hydrogen) atoms. The Balaban J connectivity index is 1.36. The maximum absolute atomic E-state index is 13.9. The molecule has 192 valence electrons. The predicted octanol–water partition coefficient (Wildman–Crippen LogP) is 4.57. The van der Waals surface area contributed by atoms with Gasteiger partial charge in [-0.05, 0) is 43.0 Å². The van der Waals surface area contributed by atoms with Crippen molar-refractivity contribution in [1.29, 1.82) is 0 Å². The zero-order valence-electron chi connectivity index (χ0n) is 20.8. The SMILES string of the molecule is Cc1ccc(CN(C(=O)N2CCN(C(=O)C(c3ccccc3)c3ccccc3)[C@H](C(=O)O)C2)C2CC2)s1. The fourth-order valence-electron chi connectivity index (χ4n) is 5.02. The molecule has 8 heteroatoms. The summed E-state index contributed by atoms with van der Waals surface area (Å²) < 4.78 is 0. The molecule has 3 aromatic rings. The molecule has 0 radical (unpaired) electrons. The third-order valence-electron chi connectivity index (χ3n) is 7.09. The number of nitrogens with zero attached hydrogens (tertiary/aromatic N) is 3. The van der Waals surface area contributed by atoms with E-state index in [2.05, 4.69) is 6.07 Å². The Morgan fingerprint density at radius 2 is 1.57 bits per heavy atom. The highest BCUT2D eigenvalue weighted by Crippen LogP contribution is 2.32. The molecule has 1 atom stereocenters. The van der Waals surface area contributed by atoms with E-state index < -0.39 is 17.9 Å². The molecule has 1 aliphatic heterocycles. The van der Waals surface area contributed by atoms with E-state index in [0.29, 0.717) is 13.1 Å². The maximum atomic E-state index is 13.9. The lowest BCUT2D eigenvalue weighted by atomic mass is 9.89. The lowest BCUT2D eigenvalue weighted by molar-refractivity contribution is -0.153. The number of piperazine rings is 1. The lowest BCUT2D eigenvalue weighted by Gasteiger charge is -2.42. The molecule has 0 bridgehead atoms. The Labute approximate surface area is 220 Å². The summed E-state index contributed by atoms with van der Waals surface area (Å²) in [6.07, 6.45) is 1.93. The Kier molecular flexibility index (Phi) is 7.28. The highest BCUT2D eigenvalue weighted by Gasteiger charge is 2.42. The number of carboxylic acids is 1. The van der Waals surface area contributed by atoms with Crippen LogP contribution in [0.25, 0.3) is 0 Å². The second-order valence-corrected chi connectivity index (χ2v) is 11.1. The number of urea groups is 1. The molecule has 2 aromatic carbocycles. The minimum Gasteiger partial charge on any atom is -0.480 e. The average Bonchev–Trinajstić information content (AvgIpc) is 3.68. The van der Waals surface area contributed by atoms with Gasteiger partial charge in [-0.2, -0.15) is 0 Å². The van der Waals surface area contributed by atoms with Crippen LogP contribution in [-0.2, 0) is 16.1 Å². The number of amides is 3. The summed E-state index contributed by atoms with van der Waals surface area (Å²) in [4.78, 5) is 47.2. The van der Waals surface area contributed by atoms with Crippen LogP contribution in [0.1, 0.15) is 39.6 Å². The van der Waals surface area contributed by atoms with Gasteiger partial charge in [0, 0.05) is 28.9 Å². The summed E-state index contributed by atoms with van der Waals surface area (Å²) >= 11 is 1.67. The number of carboxylic acid groups (broad SMARTS) is 1. The molecule has 2 heterocycles. The molecule has 1 N–H and O–H groups in total. The van der Waals surface area contributed by atoms with Gasteiger partial charge in [-0.15, -0.1) is 11.3 Å². The molecule has 2 fully saturated rings. The first-order chi connectivity index (χ1) is 17.9. The van der Waals surface area contributed by atoms with E-state index in [1.165, 1.54) is 9.78 Å². The molecular weight excluding hydrogens is 486 g/mol. The molecule has 1 aliphatic carbocycles. The van der Waals surface area contributed by atoms with Gasteiger partial charge in [0.1, 0.15) is 6.04 Å². The van der Waals surface area contributed by atoms with Gasteiger partial charge in [0.05, 0.1) is 19.0 Å². The third-order valence-corrected chi connectivity index (χ3v) is 8.07. The fraction of sp³-hybridized carbons (Fsp3) is 0.345. The Morgan fingerprint density at radius 3 is 2.08 bits per heavy atom. The second-order valence-electron chi connectivity index (χ2n) is 9.74. The van der Waals surface area contributed by atoms with Crippen LogP contribution in [0, 0.1) is 6.92 Å². The lowest BCUT2D eigenvalue weighted by Crippen LogP contribution is -2.61. The van der Waals surface area contributed by atoms with Gasteiger partial charge in [-0.3, -0.25) is 4.79 Å². The van der Waals surface area contributed by atoms with Gasteiger partial charge in [-0.25, -0.2) is 9.59 Å². The molecule has 0 spiro atoms. The van der Waals surface area contributed by atoms with Gasteiger partial charge in [-0.1, -0.05) is 60.7 Å². The molecular formula is C29H31N3O4S. The number of aryl methyl sites for hydroxylation is 1. The highest BCUT2D eigenvalue weighted by molar-refractivity contribution is 7.11. The van der Waals surface area contributed by atoms with E-state index in [0.717, 1.165) is 28.8 Å². The number of hydrogen-bond donors (Lipinski definition) is 1. The number of carbonyl (C=O) groups excluding carboxylic acids is 2. The van der Waals surface area contributed by atoms with Crippen molar-refractivity contribution >= 4 is 29.2 Å². The van der Waals surface area contributed by atoms with Crippen LogP contribution in [0.15, 0.2) is 72.8 Å². The van der Waals surface area contributed by atoms with Crippen molar-refractivity contribution < 1.29 is 19.5 Å². The minimum absolute atomic E-state index is 0.0249. The molecule has 1 aromatic heterocycles. The number of benzene rings is 2. The smallest absolute Gasteiger partial charge is 0.328 e. The van der Waals surface area contributed by atoms with Crippen LogP contribution in [0.5, 0.6) is 0 Å². The fourth-order valence-corrected chi connectivity index (χ4v) is 5.91. The highest BCUT2D eigenvalue weighted by atomic mass is 32.1. The summed E-state index contributed by atoms with van der Waals surface area (Å²) in [5, 5.41) is 10.1. The Bertz CT molecular complexity index is 1220. The zero-order valence-corrected chi connectivity index (χ0v) is 21.6. The molecule has 1 saturated heterocycles. The largest absolute Gasteiger partial charge is 0.480 e.